The molecule has 0 saturated carbocycles. The highest BCUT2D eigenvalue weighted by atomic mass is 16.4. The summed E-state index contributed by atoms with van der Waals surface area (Å²) in [6.07, 6.45) is 7.45. The molecule has 0 amide bonds. The van der Waals surface area contributed by atoms with Crippen molar-refractivity contribution in [2.75, 3.05) is 0 Å². The Hall–Kier alpha value is -2.23. The summed E-state index contributed by atoms with van der Waals surface area (Å²) in [5.41, 5.74) is 2.98. The fourth-order valence-electron chi connectivity index (χ4n) is 2.07. The molecule has 0 saturated heterocycles. The molecule has 0 aromatic carbocycles. The van der Waals surface area contributed by atoms with Gasteiger partial charge in [0.25, 0.3) is 0 Å². The molecular weight excluding hydrogens is 252 g/mol. The Labute approximate surface area is 118 Å². The number of aryl methyl sites for hydroxylation is 1. The van der Waals surface area contributed by atoms with Gasteiger partial charge in [-0.3, -0.25) is 14.8 Å². The minimum Gasteiger partial charge on any atom is -0.481 e. The van der Waals surface area contributed by atoms with E-state index in [0.29, 0.717) is 0 Å². The van der Waals surface area contributed by atoms with Gasteiger partial charge in [-0.15, -0.1) is 0 Å². The van der Waals surface area contributed by atoms with Gasteiger partial charge in [0.15, 0.2) is 0 Å². The molecule has 0 aliphatic carbocycles. The first kappa shape index (κ1) is 14.2. The normalized spacial score (nSPS) is 10.4. The molecule has 2 heterocycles. The van der Waals surface area contributed by atoms with Gasteiger partial charge in [0.1, 0.15) is 0 Å². The molecule has 0 bridgehead atoms. The van der Waals surface area contributed by atoms with E-state index in [1.165, 1.54) is 5.56 Å². The number of hydrogen-bond acceptors (Lipinski definition) is 3. The molecule has 1 N–H and O–H groups in total. The standard InChI is InChI=1S/C16H18N2O2/c19-16(20)8-3-1-2-6-13-9-11-18-15(12-13)14-7-4-5-10-17-14/h4-5,7,9-12H,1-3,6,8H2,(H,19,20). The molecule has 104 valence electrons. The van der Waals surface area contributed by atoms with Gasteiger partial charge < -0.3 is 5.11 Å². The van der Waals surface area contributed by atoms with Crippen molar-refractivity contribution in [3.8, 4) is 11.4 Å². The van der Waals surface area contributed by atoms with Crippen molar-refractivity contribution in [2.45, 2.75) is 32.1 Å². The molecule has 2 aromatic rings. The Morgan fingerprint density at radius 3 is 2.60 bits per heavy atom. The van der Waals surface area contributed by atoms with Crippen LogP contribution in [-0.2, 0) is 11.2 Å². The van der Waals surface area contributed by atoms with Crippen molar-refractivity contribution in [3.63, 3.8) is 0 Å². The number of hydrogen-bond donors (Lipinski definition) is 1. The fraction of sp³-hybridized carbons (Fsp3) is 0.312. The quantitative estimate of drug-likeness (QED) is 0.784. The number of nitrogens with zero attached hydrogens (tertiary/aromatic N) is 2. The highest BCUT2D eigenvalue weighted by Gasteiger charge is 2.02. The molecule has 4 heteroatoms. The molecule has 4 nitrogen and oxygen atoms in total. The summed E-state index contributed by atoms with van der Waals surface area (Å²) >= 11 is 0. The van der Waals surface area contributed by atoms with E-state index in [2.05, 4.69) is 16.0 Å². The Balaban J connectivity index is 1.89. The average Bonchev–Trinajstić information content (AvgIpc) is 2.48. The summed E-state index contributed by atoms with van der Waals surface area (Å²) in [5.74, 6) is -0.716. The third kappa shape index (κ3) is 4.46. The van der Waals surface area contributed by atoms with Crippen molar-refractivity contribution in [2.24, 2.45) is 0 Å². The number of carboxylic acid groups (broad SMARTS) is 1. The van der Waals surface area contributed by atoms with Crippen LogP contribution in [0.2, 0.25) is 0 Å². The predicted octanol–water partition coefficient (Wildman–Crippen LogP) is 3.33. The van der Waals surface area contributed by atoms with Crippen molar-refractivity contribution >= 4 is 5.97 Å². The highest BCUT2D eigenvalue weighted by Crippen LogP contribution is 2.16. The maximum Gasteiger partial charge on any atom is 0.303 e. The summed E-state index contributed by atoms with van der Waals surface area (Å²) < 4.78 is 0. The maximum absolute atomic E-state index is 10.4. The molecule has 0 radical (unpaired) electrons. The molecule has 0 fully saturated rings. The van der Waals surface area contributed by atoms with Gasteiger partial charge in [-0.05, 0) is 49.1 Å². The first-order chi connectivity index (χ1) is 9.75. The van der Waals surface area contributed by atoms with Crippen LogP contribution in [0, 0.1) is 0 Å². The van der Waals surface area contributed by atoms with E-state index in [1.54, 1.807) is 12.4 Å². The van der Waals surface area contributed by atoms with E-state index in [4.69, 9.17) is 5.11 Å². The zero-order valence-electron chi connectivity index (χ0n) is 11.3. The third-order valence-electron chi connectivity index (χ3n) is 3.11. The van der Waals surface area contributed by atoms with Crippen LogP contribution in [0.1, 0.15) is 31.2 Å². The first-order valence-corrected chi connectivity index (χ1v) is 6.84. The first-order valence-electron chi connectivity index (χ1n) is 6.84. The van der Waals surface area contributed by atoms with E-state index in [9.17, 15) is 4.79 Å². The lowest BCUT2D eigenvalue weighted by Gasteiger charge is -2.04. The summed E-state index contributed by atoms with van der Waals surface area (Å²) in [4.78, 5) is 19.0. The van der Waals surface area contributed by atoms with Crippen molar-refractivity contribution in [1.29, 1.82) is 0 Å². The zero-order chi connectivity index (χ0) is 14.2. The summed E-state index contributed by atoms with van der Waals surface area (Å²) in [6.45, 7) is 0. The number of aromatic nitrogens is 2. The Morgan fingerprint density at radius 2 is 1.85 bits per heavy atom. The van der Waals surface area contributed by atoms with Gasteiger partial charge >= 0.3 is 5.97 Å². The molecule has 2 rings (SSSR count). The number of carboxylic acids is 1. The SMILES string of the molecule is O=C(O)CCCCCc1ccnc(-c2ccccn2)c1. The van der Waals surface area contributed by atoms with E-state index >= 15 is 0 Å². The zero-order valence-corrected chi connectivity index (χ0v) is 11.3. The number of rotatable bonds is 7. The van der Waals surface area contributed by atoms with Crippen molar-refractivity contribution in [3.05, 3.63) is 48.3 Å². The molecule has 0 spiro atoms. The number of aliphatic carboxylic acids is 1. The molecular formula is C16H18N2O2. The van der Waals surface area contributed by atoms with Gasteiger partial charge in [-0.25, -0.2) is 0 Å². The number of carbonyl (C=O) groups is 1. The van der Waals surface area contributed by atoms with Crippen molar-refractivity contribution in [1.82, 2.24) is 9.97 Å². The lowest BCUT2D eigenvalue weighted by Crippen LogP contribution is -1.95. The minimum absolute atomic E-state index is 0.259. The second-order valence-corrected chi connectivity index (χ2v) is 4.72. The lowest BCUT2D eigenvalue weighted by molar-refractivity contribution is -0.137. The van der Waals surface area contributed by atoms with Crippen LogP contribution in [0.5, 0.6) is 0 Å². The predicted molar refractivity (Wildman–Crippen MR) is 77.3 cm³/mol. The van der Waals surface area contributed by atoms with Crippen LogP contribution in [-0.4, -0.2) is 21.0 Å². The highest BCUT2D eigenvalue weighted by molar-refractivity contribution is 5.66. The molecule has 0 aliphatic rings. The Morgan fingerprint density at radius 1 is 1.00 bits per heavy atom. The smallest absolute Gasteiger partial charge is 0.303 e. The third-order valence-corrected chi connectivity index (χ3v) is 3.11. The van der Waals surface area contributed by atoms with E-state index in [-0.39, 0.29) is 6.42 Å². The van der Waals surface area contributed by atoms with Crippen molar-refractivity contribution < 1.29 is 9.90 Å². The molecule has 0 unspecified atom stereocenters. The molecule has 2 aromatic heterocycles. The van der Waals surface area contributed by atoms with Gasteiger partial charge in [0.2, 0.25) is 0 Å². The van der Waals surface area contributed by atoms with Crippen LogP contribution in [0.25, 0.3) is 11.4 Å². The van der Waals surface area contributed by atoms with Gasteiger partial charge in [0.05, 0.1) is 11.4 Å². The fourth-order valence-corrected chi connectivity index (χ4v) is 2.07. The van der Waals surface area contributed by atoms with E-state index in [0.717, 1.165) is 37.1 Å². The number of unbranched alkanes of at least 4 members (excludes halogenated alkanes) is 2. The van der Waals surface area contributed by atoms with Gasteiger partial charge in [-0.1, -0.05) is 12.5 Å². The Bertz CT molecular complexity index is 555. The van der Waals surface area contributed by atoms with Gasteiger partial charge in [0, 0.05) is 18.8 Å². The molecule has 0 aliphatic heterocycles. The van der Waals surface area contributed by atoms with Gasteiger partial charge in [-0.2, -0.15) is 0 Å². The van der Waals surface area contributed by atoms with Crippen LogP contribution in [0.15, 0.2) is 42.7 Å². The second kappa shape index (κ2) is 7.38. The number of pyridine rings is 2. The van der Waals surface area contributed by atoms with Crippen LogP contribution >= 0.6 is 0 Å². The second-order valence-electron chi connectivity index (χ2n) is 4.72. The molecule has 20 heavy (non-hydrogen) atoms. The molecule has 0 atom stereocenters. The average molecular weight is 270 g/mol. The summed E-state index contributed by atoms with van der Waals surface area (Å²) in [6, 6.07) is 9.83. The minimum atomic E-state index is -0.716. The largest absolute Gasteiger partial charge is 0.481 e. The van der Waals surface area contributed by atoms with Crippen LogP contribution in [0.3, 0.4) is 0 Å². The van der Waals surface area contributed by atoms with Crippen LogP contribution < -0.4 is 0 Å². The summed E-state index contributed by atoms with van der Waals surface area (Å²) in [7, 11) is 0. The maximum atomic E-state index is 10.4. The van der Waals surface area contributed by atoms with Crippen LogP contribution in [0.4, 0.5) is 0 Å². The Kier molecular flexibility index (Phi) is 5.24. The topological polar surface area (TPSA) is 63.1 Å². The van der Waals surface area contributed by atoms with E-state index in [1.807, 2.05) is 24.3 Å². The monoisotopic (exact) mass is 270 g/mol. The lowest BCUT2D eigenvalue weighted by atomic mass is 10.1. The summed E-state index contributed by atoms with van der Waals surface area (Å²) in [5, 5.41) is 8.58. The van der Waals surface area contributed by atoms with E-state index < -0.39 is 5.97 Å².